The van der Waals surface area contributed by atoms with Crippen LogP contribution >= 0.6 is 0 Å². The van der Waals surface area contributed by atoms with Crippen molar-refractivity contribution in [2.24, 2.45) is 11.8 Å². The number of aromatic nitrogens is 2. The van der Waals surface area contributed by atoms with Gasteiger partial charge in [0.25, 0.3) is 0 Å². The standard InChI is InChI=1S/C13H22N4/c1-3-17-13(4-10(2)15-17)9-16-7-11-5-14-6-12(11)8-16/h4,11-12,14H,3,5-9H2,1-2H3/t11-,12+. The maximum atomic E-state index is 4.52. The predicted octanol–water partition coefficient (Wildman–Crippen LogP) is 0.863. The average Bonchev–Trinajstić information content (AvgIpc) is 2.92. The molecule has 2 aliphatic rings. The summed E-state index contributed by atoms with van der Waals surface area (Å²) in [6.07, 6.45) is 0. The Bertz CT molecular complexity index is 386. The van der Waals surface area contributed by atoms with Gasteiger partial charge < -0.3 is 5.32 Å². The molecule has 2 fully saturated rings. The SMILES string of the molecule is CCn1nc(C)cc1CN1C[C@H]2CNC[C@H]2C1. The van der Waals surface area contributed by atoms with Crippen LogP contribution in [0.15, 0.2) is 6.07 Å². The normalized spacial score (nSPS) is 28.8. The molecule has 2 atom stereocenters. The van der Waals surface area contributed by atoms with Crippen molar-refractivity contribution in [3.63, 3.8) is 0 Å². The van der Waals surface area contributed by atoms with Gasteiger partial charge in [0, 0.05) is 26.2 Å². The summed E-state index contributed by atoms with van der Waals surface area (Å²) in [5, 5.41) is 8.01. The second kappa shape index (κ2) is 4.42. The number of nitrogens with one attached hydrogen (secondary N) is 1. The Labute approximate surface area is 103 Å². The molecular weight excluding hydrogens is 212 g/mol. The molecule has 0 spiro atoms. The van der Waals surface area contributed by atoms with Crippen molar-refractivity contribution in [1.82, 2.24) is 20.0 Å². The lowest BCUT2D eigenvalue weighted by Crippen LogP contribution is -2.26. The zero-order valence-electron chi connectivity index (χ0n) is 10.8. The quantitative estimate of drug-likeness (QED) is 0.842. The topological polar surface area (TPSA) is 33.1 Å². The Balaban J connectivity index is 1.67. The Morgan fingerprint density at radius 1 is 1.35 bits per heavy atom. The van der Waals surface area contributed by atoms with E-state index in [9.17, 15) is 0 Å². The van der Waals surface area contributed by atoms with Crippen LogP contribution in [0.4, 0.5) is 0 Å². The van der Waals surface area contributed by atoms with E-state index in [1.54, 1.807) is 0 Å². The molecule has 0 unspecified atom stereocenters. The first-order valence-corrected chi connectivity index (χ1v) is 6.72. The van der Waals surface area contributed by atoms with Crippen LogP contribution in [-0.4, -0.2) is 40.9 Å². The fourth-order valence-electron chi connectivity index (χ4n) is 3.31. The molecule has 2 saturated heterocycles. The summed E-state index contributed by atoms with van der Waals surface area (Å²) in [6.45, 7) is 11.2. The molecule has 1 N–H and O–H groups in total. The van der Waals surface area contributed by atoms with Gasteiger partial charge >= 0.3 is 0 Å². The minimum absolute atomic E-state index is 0.883. The van der Waals surface area contributed by atoms with E-state index in [1.165, 1.54) is 31.9 Å². The maximum absolute atomic E-state index is 4.52. The molecule has 0 saturated carbocycles. The van der Waals surface area contributed by atoms with Crippen molar-refractivity contribution in [2.45, 2.75) is 26.9 Å². The van der Waals surface area contributed by atoms with E-state index >= 15 is 0 Å². The minimum atomic E-state index is 0.883. The molecule has 0 aliphatic carbocycles. The molecule has 1 aromatic heterocycles. The highest BCUT2D eigenvalue weighted by molar-refractivity contribution is 5.09. The number of aryl methyl sites for hydroxylation is 2. The third kappa shape index (κ3) is 2.11. The average molecular weight is 234 g/mol. The molecule has 94 valence electrons. The van der Waals surface area contributed by atoms with Crippen molar-refractivity contribution < 1.29 is 0 Å². The van der Waals surface area contributed by atoms with Gasteiger partial charge in [0.15, 0.2) is 0 Å². The van der Waals surface area contributed by atoms with Crippen molar-refractivity contribution in [3.8, 4) is 0 Å². The fourth-order valence-corrected chi connectivity index (χ4v) is 3.31. The summed E-state index contributed by atoms with van der Waals surface area (Å²) >= 11 is 0. The third-order valence-corrected chi connectivity index (χ3v) is 4.14. The zero-order valence-corrected chi connectivity index (χ0v) is 10.8. The van der Waals surface area contributed by atoms with Crippen LogP contribution in [-0.2, 0) is 13.1 Å². The molecule has 4 heteroatoms. The Hall–Kier alpha value is -0.870. The summed E-state index contributed by atoms with van der Waals surface area (Å²) in [5.41, 5.74) is 2.51. The van der Waals surface area contributed by atoms with E-state index in [-0.39, 0.29) is 0 Å². The number of hydrogen-bond acceptors (Lipinski definition) is 3. The van der Waals surface area contributed by atoms with Gasteiger partial charge in [-0.1, -0.05) is 0 Å². The molecule has 0 amide bonds. The van der Waals surface area contributed by atoms with Gasteiger partial charge in [0.05, 0.1) is 11.4 Å². The summed E-state index contributed by atoms with van der Waals surface area (Å²) in [6, 6.07) is 2.23. The van der Waals surface area contributed by atoms with E-state index in [0.717, 1.165) is 30.6 Å². The Morgan fingerprint density at radius 2 is 2.06 bits per heavy atom. The van der Waals surface area contributed by atoms with Gasteiger partial charge in [-0.2, -0.15) is 5.10 Å². The van der Waals surface area contributed by atoms with Crippen LogP contribution in [0.5, 0.6) is 0 Å². The first-order valence-electron chi connectivity index (χ1n) is 6.72. The van der Waals surface area contributed by atoms with Gasteiger partial charge in [0.1, 0.15) is 0 Å². The van der Waals surface area contributed by atoms with Crippen molar-refractivity contribution in [1.29, 1.82) is 0 Å². The fraction of sp³-hybridized carbons (Fsp3) is 0.769. The minimum Gasteiger partial charge on any atom is -0.316 e. The molecular formula is C13H22N4. The Morgan fingerprint density at radius 3 is 2.71 bits per heavy atom. The highest BCUT2D eigenvalue weighted by Gasteiger charge is 2.36. The van der Waals surface area contributed by atoms with Crippen LogP contribution in [0.1, 0.15) is 18.3 Å². The molecule has 1 aromatic rings. The number of rotatable bonds is 3. The highest BCUT2D eigenvalue weighted by atomic mass is 15.3. The second-order valence-corrected chi connectivity index (χ2v) is 5.47. The van der Waals surface area contributed by atoms with Gasteiger partial charge in [-0.3, -0.25) is 9.58 Å². The Kier molecular flexibility index (Phi) is 2.92. The lowest BCUT2D eigenvalue weighted by Gasteiger charge is -2.17. The van der Waals surface area contributed by atoms with E-state index in [0.29, 0.717) is 0 Å². The summed E-state index contributed by atoms with van der Waals surface area (Å²) < 4.78 is 2.14. The monoisotopic (exact) mass is 234 g/mol. The van der Waals surface area contributed by atoms with E-state index < -0.39 is 0 Å². The number of nitrogens with zero attached hydrogens (tertiary/aromatic N) is 3. The van der Waals surface area contributed by atoms with Gasteiger partial charge in [-0.05, 0) is 44.8 Å². The summed E-state index contributed by atoms with van der Waals surface area (Å²) in [5.74, 6) is 1.77. The van der Waals surface area contributed by atoms with Crippen molar-refractivity contribution in [3.05, 3.63) is 17.5 Å². The number of fused-ring (bicyclic) bond motifs is 1. The van der Waals surface area contributed by atoms with Gasteiger partial charge in [-0.15, -0.1) is 0 Å². The lowest BCUT2D eigenvalue weighted by molar-refractivity contribution is 0.295. The van der Waals surface area contributed by atoms with Crippen LogP contribution in [0, 0.1) is 18.8 Å². The maximum Gasteiger partial charge on any atom is 0.0597 e. The molecule has 4 nitrogen and oxygen atoms in total. The molecule has 2 aliphatic heterocycles. The van der Waals surface area contributed by atoms with Crippen molar-refractivity contribution in [2.75, 3.05) is 26.2 Å². The van der Waals surface area contributed by atoms with Crippen LogP contribution in [0.25, 0.3) is 0 Å². The van der Waals surface area contributed by atoms with Crippen LogP contribution in [0.2, 0.25) is 0 Å². The first-order chi connectivity index (χ1) is 8.26. The zero-order chi connectivity index (χ0) is 11.8. The van der Waals surface area contributed by atoms with Gasteiger partial charge in [-0.25, -0.2) is 0 Å². The summed E-state index contributed by atoms with van der Waals surface area (Å²) in [4.78, 5) is 2.60. The highest BCUT2D eigenvalue weighted by Crippen LogP contribution is 2.27. The molecule has 3 rings (SSSR count). The molecule has 0 radical (unpaired) electrons. The van der Waals surface area contributed by atoms with Crippen LogP contribution in [0.3, 0.4) is 0 Å². The van der Waals surface area contributed by atoms with E-state index in [4.69, 9.17) is 0 Å². The first kappa shape index (κ1) is 11.2. The molecule has 0 bridgehead atoms. The second-order valence-electron chi connectivity index (χ2n) is 5.47. The number of hydrogen-bond donors (Lipinski definition) is 1. The molecule has 3 heterocycles. The van der Waals surface area contributed by atoms with E-state index in [1.807, 2.05) is 0 Å². The number of likely N-dealkylation sites (tertiary alicyclic amines) is 1. The third-order valence-electron chi connectivity index (χ3n) is 4.14. The van der Waals surface area contributed by atoms with Crippen molar-refractivity contribution >= 4 is 0 Å². The van der Waals surface area contributed by atoms with Gasteiger partial charge in [0.2, 0.25) is 0 Å². The largest absolute Gasteiger partial charge is 0.316 e. The van der Waals surface area contributed by atoms with E-state index in [2.05, 4.69) is 39.9 Å². The predicted molar refractivity (Wildman–Crippen MR) is 67.8 cm³/mol. The summed E-state index contributed by atoms with van der Waals surface area (Å²) in [7, 11) is 0. The lowest BCUT2D eigenvalue weighted by atomic mass is 10.0. The smallest absolute Gasteiger partial charge is 0.0597 e. The molecule has 0 aromatic carbocycles. The molecule has 17 heavy (non-hydrogen) atoms. The van der Waals surface area contributed by atoms with Crippen LogP contribution < -0.4 is 5.32 Å².